The maximum Gasteiger partial charge on any atom is 0.0759 e. The summed E-state index contributed by atoms with van der Waals surface area (Å²) < 4.78 is 0. The zero-order valence-corrected chi connectivity index (χ0v) is 7.38. The second-order valence-corrected chi connectivity index (χ2v) is 3.05. The molecule has 0 fully saturated rings. The Morgan fingerprint density at radius 2 is 1.36 bits per heavy atom. The molecule has 0 aromatic heterocycles. The van der Waals surface area contributed by atoms with E-state index in [1.54, 1.807) is 12.2 Å². The molecule has 0 heterocycles. The third kappa shape index (κ3) is 2.17. The molecule has 4 N–H and O–H groups in total. The minimum absolute atomic E-state index is 0.0931. The lowest BCUT2D eigenvalue weighted by atomic mass is 9.85. The van der Waals surface area contributed by atoms with E-state index in [2.05, 4.69) is 13.2 Å². The van der Waals surface area contributed by atoms with Crippen LogP contribution in [0.5, 0.6) is 0 Å². The van der Waals surface area contributed by atoms with E-state index in [1.807, 2.05) is 13.8 Å². The second kappa shape index (κ2) is 3.69. The summed E-state index contributed by atoms with van der Waals surface area (Å²) in [6.45, 7) is 11.2. The van der Waals surface area contributed by atoms with Gasteiger partial charge in [0.2, 0.25) is 0 Å². The van der Waals surface area contributed by atoms with E-state index in [-0.39, 0.29) is 11.8 Å². The quantitative estimate of drug-likeness (QED) is 0.473. The minimum Gasteiger partial charge on any atom is -0.313 e. The summed E-state index contributed by atoms with van der Waals surface area (Å²) in [6.07, 6.45) is 3.53. The average molecular weight is 154 g/mol. The van der Waals surface area contributed by atoms with Gasteiger partial charge in [0.05, 0.1) is 5.66 Å². The van der Waals surface area contributed by atoms with Crippen LogP contribution in [0.4, 0.5) is 0 Å². The normalized spacial score (nSPS) is 17.1. The monoisotopic (exact) mass is 154 g/mol. The van der Waals surface area contributed by atoms with Gasteiger partial charge in [-0.15, -0.1) is 13.2 Å². The van der Waals surface area contributed by atoms with Crippen LogP contribution in [0.15, 0.2) is 25.3 Å². The summed E-state index contributed by atoms with van der Waals surface area (Å²) in [6, 6.07) is 0. The fourth-order valence-electron chi connectivity index (χ4n) is 0.823. The van der Waals surface area contributed by atoms with E-state index in [0.29, 0.717) is 0 Å². The standard InChI is InChI=1S/C9H18N2/c1-5-7(3)9(10,11)8(4)6-2/h5-8H,1-2,10-11H2,3-4H3. The molecule has 0 aliphatic rings. The first-order chi connectivity index (χ1) is 4.96. The van der Waals surface area contributed by atoms with Crippen LogP contribution < -0.4 is 11.5 Å². The van der Waals surface area contributed by atoms with Gasteiger partial charge in [-0.3, -0.25) is 0 Å². The topological polar surface area (TPSA) is 52.0 Å². The summed E-state index contributed by atoms with van der Waals surface area (Å²) in [5, 5.41) is 0. The van der Waals surface area contributed by atoms with Gasteiger partial charge in [0.15, 0.2) is 0 Å². The Morgan fingerprint density at radius 1 is 1.09 bits per heavy atom. The molecule has 11 heavy (non-hydrogen) atoms. The van der Waals surface area contributed by atoms with Crippen molar-refractivity contribution >= 4 is 0 Å². The zero-order valence-electron chi connectivity index (χ0n) is 7.38. The van der Waals surface area contributed by atoms with Gasteiger partial charge < -0.3 is 11.5 Å². The lowest BCUT2D eigenvalue weighted by molar-refractivity contribution is 0.278. The van der Waals surface area contributed by atoms with Crippen molar-refractivity contribution < 1.29 is 0 Å². The number of rotatable bonds is 4. The molecule has 0 aromatic carbocycles. The van der Waals surface area contributed by atoms with Gasteiger partial charge in [0, 0.05) is 11.8 Å². The molecular weight excluding hydrogens is 136 g/mol. The molecule has 2 nitrogen and oxygen atoms in total. The van der Waals surface area contributed by atoms with Crippen LogP contribution in [0, 0.1) is 11.8 Å². The molecule has 0 amide bonds. The molecule has 2 unspecified atom stereocenters. The van der Waals surface area contributed by atoms with Crippen molar-refractivity contribution in [2.75, 3.05) is 0 Å². The number of nitrogens with two attached hydrogens (primary N) is 2. The molecule has 0 saturated heterocycles. The first-order valence-electron chi connectivity index (χ1n) is 3.79. The van der Waals surface area contributed by atoms with Crippen molar-refractivity contribution in [3.05, 3.63) is 25.3 Å². The molecule has 0 rings (SSSR count). The first-order valence-corrected chi connectivity index (χ1v) is 3.79. The fourth-order valence-corrected chi connectivity index (χ4v) is 0.823. The van der Waals surface area contributed by atoms with Crippen LogP contribution in [0.25, 0.3) is 0 Å². The lowest BCUT2D eigenvalue weighted by Gasteiger charge is -2.33. The van der Waals surface area contributed by atoms with Gasteiger partial charge in [-0.25, -0.2) is 0 Å². The van der Waals surface area contributed by atoms with E-state index in [1.165, 1.54) is 0 Å². The van der Waals surface area contributed by atoms with E-state index in [0.717, 1.165) is 0 Å². The number of hydrogen-bond acceptors (Lipinski definition) is 2. The van der Waals surface area contributed by atoms with E-state index in [9.17, 15) is 0 Å². The minimum atomic E-state index is -0.719. The summed E-state index contributed by atoms with van der Waals surface area (Å²) in [5.41, 5.74) is 11.0. The van der Waals surface area contributed by atoms with Crippen LogP contribution >= 0.6 is 0 Å². The molecule has 0 bridgehead atoms. The van der Waals surface area contributed by atoms with Crippen LogP contribution in [0.1, 0.15) is 13.8 Å². The van der Waals surface area contributed by atoms with E-state index in [4.69, 9.17) is 11.5 Å². The Hall–Kier alpha value is -0.600. The predicted octanol–water partition coefficient (Wildman–Crippen LogP) is 1.24. The first kappa shape index (κ1) is 10.4. The third-order valence-electron chi connectivity index (χ3n) is 2.28. The molecular formula is C9H18N2. The predicted molar refractivity (Wildman–Crippen MR) is 49.8 cm³/mol. The van der Waals surface area contributed by atoms with Gasteiger partial charge in [-0.1, -0.05) is 26.0 Å². The highest BCUT2D eigenvalue weighted by Gasteiger charge is 2.29. The molecule has 2 heteroatoms. The fraction of sp³-hybridized carbons (Fsp3) is 0.556. The Bertz CT molecular complexity index is 134. The van der Waals surface area contributed by atoms with Gasteiger partial charge in [-0.05, 0) is 0 Å². The van der Waals surface area contributed by atoms with Crippen molar-refractivity contribution in [3.8, 4) is 0 Å². The Kier molecular flexibility index (Phi) is 3.49. The highest BCUT2D eigenvalue weighted by atomic mass is 15.0. The van der Waals surface area contributed by atoms with Crippen molar-refractivity contribution in [1.82, 2.24) is 0 Å². The van der Waals surface area contributed by atoms with Crippen molar-refractivity contribution in [3.63, 3.8) is 0 Å². The van der Waals surface area contributed by atoms with Crippen LogP contribution in [-0.4, -0.2) is 5.66 Å². The third-order valence-corrected chi connectivity index (χ3v) is 2.28. The van der Waals surface area contributed by atoms with Crippen molar-refractivity contribution in [2.24, 2.45) is 23.3 Å². The van der Waals surface area contributed by atoms with Crippen LogP contribution in [0.2, 0.25) is 0 Å². The molecule has 0 aromatic rings. The summed E-state index contributed by atoms with van der Waals surface area (Å²) in [5.74, 6) is 0.186. The highest BCUT2D eigenvalue weighted by molar-refractivity contribution is 5.01. The summed E-state index contributed by atoms with van der Waals surface area (Å²) in [4.78, 5) is 0. The maximum atomic E-state index is 5.86. The Labute approximate surface area is 69.0 Å². The van der Waals surface area contributed by atoms with Crippen molar-refractivity contribution in [2.45, 2.75) is 19.5 Å². The molecule has 0 spiro atoms. The molecule has 0 saturated carbocycles. The molecule has 0 radical (unpaired) electrons. The maximum absolute atomic E-state index is 5.86. The average Bonchev–Trinajstić information content (AvgIpc) is 2.01. The smallest absolute Gasteiger partial charge is 0.0759 e. The number of hydrogen-bond donors (Lipinski definition) is 2. The van der Waals surface area contributed by atoms with E-state index < -0.39 is 5.66 Å². The van der Waals surface area contributed by atoms with Gasteiger partial charge >= 0.3 is 0 Å². The van der Waals surface area contributed by atoms with Gasteiger partial charge in [0.1, 0.15) is 0 Å². The van der Waals surface area contributed by atoms with Crippen LogP contribution in [-0.2, 0) is 0 Å². The van der Waals surface area contributed by atoms with Crippen molar-refractivity contribution in [1.29, 1.82) is 0 Å². The highest BCUT2D eigenvalue weighted by Crippen LogP contribution is 2.19. The second-order valence-electron chi connectivity index (χ2n) is 3.05. The SMILES string of the molecule is C=CC(C)C(N)(N)C(C)C=C. The van der Waals surface area contributed by atoms with Gasteiger partial charge in [0.25, 0.3) is 0 Å². The Balaban J connectivity index is 4.41. The van der Waals surface area contributed by atoms with E-state index >= 15 is 0 Å². The summed E-state index contributed by atoms with van der Waals surface area (Å²) in [7, 11) is 0. The van der Waals surface area contributed by atoms with Gasteiger partial charge in [-0.2, -0.15) is 0 Å². The molecule has 64 valence electrons. The molecule has 2 atom stereocenters. The lowest BCUT2D eigenvalue weighted by Crippen LogP contribution is -2.58. The van der Waals surface area contributed by atoms with Crippen LogP contribution in [0.3, 0.4) is 0 Å². The summed E-state index contributed by atoms with van der Waals surface area (Å²) >= 11 is 0. The Morgan fingerprint density at radius 3 is 1.55 bits per heavy atom. The molecule has 0 aliphatic heterocycles. The molecule has 0 aliphatic carbocycles. The zero-order chi connectivity index (χ0) is 9.07. The largest absolute Gasteiger partial charge is 0.313 e.